The molecule has 0 bridgehead atoms. The lowest BCUT2D eigenvalue weighted by Crippen LogP contribution is -2.18. The first kappa shape index (κ1) is 13.3. The molecule has 0 saturated carbocycles. The molecule has 1 aromatic rings. The summed E-state index contributed by atoms with van der Waals surface area (Å²) in [5.74, 6) is 0.896. The van der Waals surface area contributed by atoms with Crippen molar-refractivity contribution >= 4 is 11.6 Å². The Balaban J connectivity index is 3.04. The van der Waals surface area contributed by atoms with Crippen LogP contribution in [0, 0.1) is 13.8 Å². The summed E-state index contributed by atoms with van der Waals surface area (Å²) in [6.07, 6.45) is 0. The number of hydrogen-bond acceptors (Lipinski definition) is 2. The number of likely N-dealkylation sites (N-methyl/N-ethyl adjacent to an activating group) is 1. The number of aryl methyl sites for hydroxylation is 2. The Bertz CT molecular complexity index is 340. The zero-order valence-corrected chi connectivity index (χ0v) is 11.4. The smallest absolute Gasteiger partial charge is 0.119 e. The molecule has 1 rings (SSSR count). The van der Waals surface area contributed by atoms with Crippen LogP contribution >= 0.6 is 11.6 Å². The average Bonchev–Trinajstić information content (AvgIpc) is 2.15. The van der Waals surface area contributed by atoms with Crippen LogP contribution < -0.4 is 4.74 Å². The number of halogens is 1. The largest absolute Gasteiger partial charge is 0.497 e. The first-order chi connectivity index (χ1) is 7.45. The molecule has 1 aromatic carbocycles. The van der Waals surface area contributed by atoms with Gasteiger partial charge in [-0.15, -0.1) is 11.6 Å². The third-order valence-corrected chi connectivity index (χ3v) is 3.00. The molecule has 0 aromatic heterocycles. The monoisotopic (exact) mass is 241 g/mol. The fraction of sp³-hybridized carbons (Fsp3) is 0.538. The highest BCUT2D eigenvalue weighted by atomic mass is 35.5. The molecule has 0 heterocycles. The standard InChI is InChI=1S/C13H20ClNO/c1-9-6-11(16-5)7-10(2)13(9)12(14)8-15(3)4/h6-7,12H,8H2,1-5H3. The minimum Gasteiger partial charge on any atom is -0.497 e. The Morgan fingerprint density at radius 3 is 2.12 bits per heavy atom. The molecule has 3 heteroatoms. The quantitative estimate of drug-likeness (QED) is 0.751. The van der Waals surface area contributed by atoms with Crippen LogP contribution in [0.2, 0.25) is 0 Å². The van der Waals surface area contributed by atoms with Crippen molar-refractivity contribution in [3.8, 4) is 5.75 Å². The lowest BCUT2D eigenvalue weighted by molar-refractivity contribution is 0.404. The number of ether oxygens (including phenoxy) is 1. The van der Waals surface area contributed by atoms with Crippen molar-refractivity contribution in [2.24, 2.45) is 0 Å². The fourth-order valence-electron chi connectivity index (χ4n) is 1.96. The highest BCUT2D eigenvalue weighted by Crippen LogP contribution is 2.30. The average molecular weight is 242 g/mol. The van der Waals surface area contributed by atoms with Gasteiger partial charge in [-0.1, -0.05) is 0 Å². The molecule has 0 spiro atoms. The highest BCUT2D eigenvalue weighted by molar-refractivity contribution is 6.21. The van der Waals surface area contributed by atoms with Gasteiger partial charge in [0, 0.05) is 6.54 Å². The van der Waals surface area contributed by atoms with Crippen molar-refractivity contribution < 1.29 is 4.74 Å². The lowest BCUT2D eigenvalue weighted by atomic mass is 9.99. The zero-order chi connectivity index (χ0) is 12.3. The normalized spacial score (nSPS) is 12.9. The maximum absolute atomic E-state index is 6.42. The van der Waals surface area contributed by atoms with Gasteiger partial charge in [0.2, 0.25) is 0 Å². The number of rotatable bonds is 4. The predicted octanol–water partition coefficient (Wildman–Crippen LogP) is 3.15. The van der Waals surface area contributed by atoms with E-state index in [1.54, 1.807) is 7.11 Å². The Hall–Kier alpha value is -0.730. The molecule has 1 unspecified atom stereocenters. The van der Waals surface area contributed by atoms with Gasteiger partial charge in [-0.05, 0) is 56.8 Å². The van der Waals surface area contributed by atoms with Crippen LogP contribution in [0.5, 0.6) is 5.75 Å². The van der Waals surface area contributed by atoms with E-state index in [1.165, 1.54) is 16.7 Å². The number of methoxy groups -OCH3 is 1. The number of benzene rings is 1. The van der Waals surface area contributed by atoms with E-state index >= 15 is 0 Å². The highest BCUT2D eigenvalue weighted by Gasteiger charge is 2.15. The molecule has 90 valence electrons. The van der Waals surface area contributed by atoms with Crippen molar-refractivity contribution in [1.82, 2.24) is 4.90 Å². The molecule has 0 N–H and O–H groups in total. The minimum absolute atomic E-state index is 0.0286. The van der Waals surface area contributed by atoms with Crippen LogP contribution in [-0.4, -0.2) is 32.6 Å². The maximum atomic E-state index is 6.42. The van der Waals surface area contributed by atoms with Gasteiger partial charge in [0.05, 0.1) is 12.5 Å². The molecule has 2 nitrogen and oxygen atoms in total. The van der Waals surface area contributed by atoms with E-state index < -0.39 is 0 Å². The molecule has 0 radical (unpaired) electrons. The van der Waals surface area contributed by atoms with Crippen molar-refractivity contribution in [3.05, 3.63) is 28.8 Å². The Morgan fingerprint density at radius 1 is 1.25 bits per heavy atom. The van der Waals surface area contributed by atoms with E-state index in [0.717, 1.165) is 12.3 Å². The van der Waals surface area contributed by atoms with Gasteiger partial charge in [-0.2, -0.15) is 0 Å². The summed E-state index contributed by atoms with van der Waals surface area (Å²) in [6, 6.07) is 4.07. The fourth-order valence-corrected chi connectivity index (χ4v) is 2.58. The predicted molar refractivity (Wildman–Crippen MR) is 69.6 cm³/mol. The summed E-state index contributed by atoms with van der Waals surface area (Å²) >= 11 is 6.42. The Morgan fingerprint density at radius 2 is 1.75 bits per heavy atom. The van der Waals surface area contributed by atoms with Crippen LogP contribution in [0.15, 0.2) is 12.1 Å². The summed E-state index contributed by atoms with van der Waals surface area (Å²) in [5.41, 5.74) is 3.61. The molecule has 0 saturated heterocycles. The van der Waals surface area contributed by atoms with Crippen molar-refractivity contribution in [3.63, 3.8) is 0 Å². The van der Waals surface area contributed by atoms with Crippen molar-refractivity contribution in [2.45, 2.75) is 19.2 Å². The lowest BCUT2D eigenvalue weighted by Gasteiger charge is -2.20. The summed E-state index contributed by atoms with van der Waals surface area (Å²) in [6.45, 7) is 5.00. The molecular formula is C13H20ClNO. The van der Waals surface area contributed by atoms with Gasteiger partial charge in [0.1, 0.15) is 5.75 Å². The van der Waals surface area contributed by atoms with Crippen molar-refractivity contribution in [2.75, 3.05) is 27.7 Å². The van der Waals surface area contributed by atoms with Gasteiger partial charge in [-0.3, -0.25) is 0 Å². The second kappa shape index (κ2) is 5.55. The third kappa shape index (κ3) is 3.13. The molecule has 0 aliphatic rings. The molecular weight excluding hydrogens is 222 g/mol. The summed E-state index contributed by atoms with van der Waals surface area (Å²) in [5, 5.41) is 0.0286. The number of alkyl halides is 1. The van der Waals surface area contributed by atoms with E-state index in [9.17, 15) is 0 Å². The molecule has 0 aliphatic carbocycles. The van der Waals surface area contributed by atoms with E-state index in [0.29, 0.717) is 0 Å². The van der Waals surface area contributed by atoms with Crippen molar-refractivity contribution in [1.29, 1.82) is 0 Å². The van der Waals surface area contributed by atoms with Crippen LogP contribution in [0.1, 0.15) is 22.1 Å². The van der Waals surface area contributed by atoms with Gasteiger partial charge >= 0.3 is 0 Å². The molecule has 16 heavy (non-hydrogen) atoms. The van der Waals surface area contributed by atoms with Crippen LogP contribution in [0.25, 0.3) is 0 Å². The maximum Gasteiger partial charge on any atom is 0.119 e. The van der Waals surface area contributed by atoms with Gasteiger partial charge in [0.15, 0.2) is 0 Å². The number of nitrogens with zero attached hydrogens (tertiary/aromatic N) is 1. The summed E-state index contributed by atoms with van der Waals surface area (Å²) < 4.78 is 5.24. The van der Waals surface area contributed by atoms with Crippen LogP contribution in [0.4, 0.5) is 0 Å². The molecule has 0 aliphatic heterocycles. The molecule has 1 atom stereocenters. The topological polar surface area (TPSA) is 12.5 Å². The van der Waals surface area contributed by atoms with Crippen LogP contribution in [0.3, 0.4) is 0 Å². The second-order valence-corrected chi connectivity index (χ2v) is 4.93. The summed E-state index contributed by atoms with van der Waals surface area (Å²) in [7, 11) is 5.75. The van der Waals surface area contributed by atoms with Gasteiger partial charge < -0.3 is 9.64 Å². The SMILES string of the molecule is COc1cc(C)c(C(Cl)CN(C)C)c(C)c1. The van der Waals surface area contributed by atoms with Gasteiger partial charge in [-0.25, -0.2) is 0 Å². The van der Waals surface area contributed by atoms with E-state index in [1.807, 2.05) is 26.2 Å². The second-order valence-electron chi connectivity index (χ2n) is 4.40. The molecule has 0 fully saturated rings. The minimum atomic E-state index is 0.0286. The third-order valence-electron chi connectivity index (χ3n) is 2.64. The Labute approximate surface area is 103 Å². The van der Waals surface area contributed by atoms with E-state index in [2.05, 4.69) is 18.7 Å². The van der Waals surface area contributed by atoms with Crippen LogP contribution in [-0.2, 0) is 0 Å². The zero-order valence-electron chi connectivity index (χ0n) is 10.7. The van der Waals surface area contributed by atoms with Gasteiger partial charge in [0.25, 0.3) is 0 Å². The Kier molecular flexibility index (Phi) is 4.63. The van der Waals surface area contributed by atoms with E-state index in [-0.39, 0.29) is 5.38 Å². The first-order valence-corrected chi connectivity index (χ1v) is 5.83. The van der Waals surface area contributed by atoms with E-state index in [4.69, 9.17) is 16.3 Å². The first-order valence-electron chi connectivity index (χ1n) is 5.39. The summed E-state index contributed by atoms with van der Waals surface area (Å²) in [4.78, 5) is 2.10. The number of hydrogen-bond donors (Lipinski definition) is 0. The molecule has 0 amide bonds.